The number of aliphatic imine (C=N–C) groups is 3. The van der Waals surface area contributed by atoms with Gasteiger partial charge in [0.2, 0.25) is 65.0 Å². The molecule has 0 unspecified atom stereocenters. The standard InChI is InChI=1S/C61H99N25O14S/c1-5-32(3)47(85-51(93)39(16-11-19-72-60(65)66)79-53(95)41(21-34-13-8-7-9-14-34)82-49(91)37(62)22-35-24-69-30-76-35)57(99)74-26-45(88)78-44(29-101)56(98)81-38(15-10-18-71-59(63)64)50(92)83-42(23-36-25-70-31-77-36)54(96)84-43(28-87)55(97)80-40(17-12-20-73-61(67)68)52(94)86-48(33(4)6-2)58(100)75-27-46(89)90/h7-9,13-14,24-25,30-33,37-44,47-48,87,101H,5-6,10-12,15-23,26-29,62H2,1-4H3,(H,69,76)(H,70,77)(H,74,99)(H,75,100)(H,78,88)(H,79,95)(H,80,97)(H,81,98)(H,82,91)(H,83,92)(H,84,96)(H,85,93)(H,86,94)(H,89,90)(H4,63,64,71)(H4,65,66,72)(H4,67,68,73)/t32-,33-,37-,38-,39-,40-,41-,42-,43-,44-,47-,48-/m0/s1. The molecule has 0 fully saturated rings. The Balaban J connectivity index is 1.84. The van der Waals surface area contributed by atoms with Crippen molar-refractivity contribution < 1.29 is 67.7 Å². The quantitative estimate of drug-likeness (QED) is 0.0108. The molecule has 1 aromatic carbocycles. The predicted molar refractivity (Wildman–Crippen MR) is 373 cm³/mol. The number of benzene rings is 1. The summed E-state index contributed by atoms with van der Waals surface area (Å²) in [5, 5.41) is 47.4. The van der Waals surface area contributed by atoms with E-state index in [4.69, 9.17) is 45.2 Å². The van der Waals surface area contributed by atoms with E-state index in [0.717, 1.165) is 0 Å². The van der Waals surface area contributed by atoms with Gasteiger partial charge in [-0.1, -0.05) is 70.9 Å². The lowest BCUT2D eigenvalue weighted by Crippen LogP contribution is -2.61. The molecule has 0 aliphatic heterocycles. The zero-order valence-corrected chi connectivity index (χ0v) is 57.8. The van der Waals surface area contributed by atoms with Crippen molar-refractivity contribution in [2.45, 2.75) is 159 Å². The molecule has 0 saturated heterocycles. The number of nitrogens with zero attached hydrogens (tertiary/aromatic N) is 5. The number of H-pyrrole nitrogens is 2. The highest BCUT2D eigenvalue weighted by atomic mass is 32.1. The van der Waals surface area contributed by atoms with E-state index in [0.29, 0.717) is 24.1 Å². The number of carbonyl (C=O) groups excluding carboxylic acids is 11. The molecule has 29 N–H and O–H groups in total. The van der Waals surface area contributed by atoms with Crippen molar-refractivity contribution in [3.05, 3.63) is 72.3 Å². The van der Waals surface area contributed by atoms with Gasteiger partial charge in [0.1, 0.15) is 60.9 Å². The van der Waals surface area contributed by atoms with Crippen molar-refractivity contribution in [3.8, 4) is 0 Å². The molecule has 11 amide bonds. The van der Waals surface area contributed by atoms with Gasteiger partial charge in [0.05, 0.1) is 31.8 Å². The van der Waals surface area contributed by atoms with Crippen LogP contribution in [0.25, 0.3) is 0 Å². The smallest absolute Gasteiger partial charge is 0.322 e. The molecule has 2 heterocycles. The molecule has 0 bridgehead atoms. The molecule has 0 spiro atoms. The van der Waals surface area contributed by atoms with E-state index in [-0.39, 0.29) is 107 Å². The number of aromatic nitrogens is 4. The van der Waals surface area contributed by atoms with Crippen LogP contribution in [0.1, 0.15) is 96.0 Å². The number of guanidine groups is 3. The van der Waals surface area contributed by atoms with Crippen LogP contribution in [0, 0.1) is 11.8 Å². The molecule has 12 atom stereocenters. The van der Waals surface area contributed by atoms with Crippen LogP contribution in [0.5, 0.6) is 0 Å². The van der Waals surface area contributed by atoms with Gasteiger partial charge in [0, 0.05) is 68.4 Å². The van der Waals surface area contributed by atoms with Crippen molar-refractivity contribution in [2.75, 3.05) is 45.1 Å². The highest BCUT2D eigenvalue weighted by molar-refractivity contribution is 7.80. The summed E-state index contributed by atoms with van der Waals surface area (Å²) < 4.78 is 0. The number of rotatable bonds is 47. The summed E-state index contributed by atoms with van der Waals surface area (Å²) in [6.45, 7) is 4.17. The number of carboxylic acids is 1. The largest absolute Gasteiger partial charge is 0.480 e. The van der Waals surface area contributed by atoms with E-state index in [1.54, 1.807) is 58.0 Å². The van der Waals surface area contributed by atoms with Crippen LogP contribution in [0.4, 0.5) is 0 Å². The first kappa shape index (κ1) is 84.6. The predicted octanol–water partition coefficient (Wildman–Crippen LogP) is -7.66. The molecule has 0 saturated carbocycles. The summed E-state index contributed by atoms with van der Waals surface area (Å²) in [5.74, 6) is -13.5. The number of aliphatic carboxylic acids is 1. The van der Waals surface area contributed by atoms with Crippen LogP contribution in [-0.2, 0) is 76.8 Å². The summed E-state index contributed by atoms with van der Waals surface area (Å²) in [7, 11) is 0. The Morgan fingerprint density at radius 2 is 0.861 bits per heavy atom. The monoisotopic (exact) mass is 1440 g/mol. The van der Waals surface area contributed by atoms with Gasteiger partial charge >= 0.3 is 5.97 Å². The Labute approximate surface area is 588 Å². The molecule has 39 nitrogen and oxygen atoms in total. The summed E-state index contributed by atoms with van der Waals surface area (Å²) >= 11 is 4.27. The van der Waals surface area contributed by atoms with E-state index in [1.165, 1.54) is 25.0 Å². The van der Waals surface area contributed by atoms with Crippen molar-refractivity contribution in [1.82, 2.24) is 78.4 Å². The van der Waals surface area contributed by atoms with Crippen LogP contribution in [0.2, 0.25) is 0 Å². The van der Waals surface area contributed by atoms with Gasteiger partial charge in [-0.05, 0) is 55.9 Å². The van der Waals surface area contributed by atoms with Gasteiger partial charge in [0.25, 0.3) is 0 Å². The molecule has 0 aliphatic rings. The molecule has 3 aromatic rings. The number of nitrogens with one attached hydrogen (secondary N) is 13. The van der Waals surface area contributed by atoms with Gasteiger partial charge in [-0.3, -0.25) is 72.5 Å². The van der Waals surface area contributed by atoms with Gasteiger partial charge < -0.3 is 119 Å². The van der Waals surface area contributed by atoms with Gasteiger partial charge in [-0.25, -0.2) is 9.97 Å². The Bertz CT molecular complexity index is 3260. The van der Waals surface area contributed by atoms with Crippen LogP contribution >= 0.6 is 12.6 Å². The van der Waals surface area contributed by atoms with Crippen LogP contribution in [0.3, 0.4) is 0 Å². The lowest BCUT2D eigenvalue weighted by atomic mass is 9.97. The van der Waals surface area contributed by atoms with E-state index in [1.807, 2.05) is 0 Å². The number of amides is 11. The molecule has 558 valence electrons. The molecule has 40 heteroatoms. The summed E-state index contributed by atoms with van der Waals surface area (Å²) in [6.07, 6.45) is 5.83. The topological polar surface area (TPSA) is 654 Å². The first-order chi connectivity index (χ1) is 48.0. The van der Waals surface area contributed by atoms with Crippen molar-refractivity contribution in [1.29, 1.82) is 0 Å². The number of carboxylic acid groups (broad SMARTS) is 1. The Hall–Kier alpha value is -10.6. The third-order valence-corrected chi connectivity index (χ3v) is 16.0. The van der Waals surface area contributed by atoms with Crippen LogP contribution in [0.15, 0.2) is 70.4 Å². The molecule has 101 heavy (non-hydrogen) atoms. The summed E-state index contributed by atoms with van der Waals surface area (Å²) in [6, 6.07) is -5.39. The van der Waals surface area contributed by atoms with Crippen molar-refractivity contribution in [2.24, 2.45) is 66.9 Å². The van der Waals surface area contributed by atoms with Crippen molar-refractivity contribution in [3.63, 3.8) is 0 Å². The second-order valence-electron chi connectivity index (χ2n) is 23.6. The molecular weight excluding hydrogens is 1340 g/mol. The molecular formula is C61H99N25O14S. The Morgan fingerprint density at radius 1 is 0.485 bits per heavy atom. The maximum atomic E-state index is 14.4. The fraction of sp³-hybridized carbons (Fsp3) is 0.557. The van der Waals surface area contributed by atoms with Crippen molar-refractivity contribution >= 4 is 101 Å². The maximum absolute atomic E-state index is 14.4. The number of aromatic amines is 2. The molecule has 0 radical (unpaired) electrons. The zero-order valence-electron chi connectivity index (χ0n) is 56.9. The molecule has 3 rings (SSSR count). The summed E-state index contributed by atoms with van der Waals surface area (Å²) in [5.41, 5.74) is 40.8. The minimum absolute atomic E-state index is 0.00963. The first-order valence-electron chi connectivity index (χ1n) is 32.6. The number of imidazole rings is 2. The second-order valence-corrected chi connectivity index (χ2v) is 24.0. The third kappa shape index (κ3) is 31.8. The number of hydrogen-bond donors (Lipinski definition) is 23. The number of aliphatic hydroxyl groups is 1. The average Bonchev–Trinajstić information content (AvgIpc) is 1.39. The number of nitrogens with two attached hydrogens (primary N) is 7. The van der Waals surface area contributed by atoms with E-state index in [9.17, 15) is 62.6 Å². The van der Waals surface area contributed by atoms with Gasteiger partial charge in [-0.15, -0.1) is 0 Å². The number of carbonyl (C=O) groups is 12. The van der Waals surface area contributed by atoms with E-state index in [2.05, 4.69) is 106 Å². The Morgan fingerprint density at radius 3 is 1.27 bits per heavy atom. The Kier molecular flexibility index (Phi) is 37.8. The molecule has 2 aromatic heterocycles. The summed E-state index contributed by atoms with van der Waals surface area (Å²) in [4.78, 5) is 190. The fourth-order valence-corrected chi connectivity index (χ4v) is 9.92. The lowest BCUT2D eigenvalue weighted by molar-refractivity contribution is -0.139. The van der Waals surface area contributed by atoms with E-state index < -0.39 is 163 Å². The SMILES string of the molecule is CC[C@H](C)[C@H](NC(=O)[C@H](CCCN=C(N)N)NC(=O)[C@H](CO)NC(=O)[C@H](Cc1cnc[nH]1)NC(=O)[C@H](CCCN=C(N)N)NC(=O)[C@H](CS)NC(=O)CNC(=O)[C@@H](NC(=O)[C@H](CCCN=C(N)N)NC(=O)[C@H](Cc1ccccc1)NC(=O)[C@@H](N)Cc1cnc[nH]1)[C@@H](C)CC)C(=O)NCC(=O)O. The minimum atomic E-state index is -1.80. The highest BCUT2D eigenvalue weighted by Gasteiger charge is 2.37. The van der Waals surface area contributed by atoms with Gasteiger partial charge in [-0.2, -0.15) is 12.6 Å². The number of hydrogen-bond acceptors (Lipinski definition) is 20. The van der Waals surface area contributed by atoms with Gasteiger partial charge in [0.15, 0.2) is 17.9 Å². The minimum Gasteiger partial charge on any atom is -0.480 e. The maximum Gasteiger partial charge on any atom is 0.322 e. The fourth-order valence-electron chi connectivity index (χ4n) is 9.66. The first-order valence-corrected chi connectivity index (χ1v) is 33.2. The normalized spacial score (nSPS) is 14.5. The highest BCUT2D eigenvalue weighted by Crippen LogP contribution is 2.14. The average molecular weight is 1440 g/mol. The van der Waals surface area contributed by atoms with Crippen LogP contribution in [-0.4, -0.2) is 224 Å². The van der Waals surface area contributed by atoms with E-state index >= 15 is 0 Å². The zero-order chi connectivity index (χ0) is 75.1. The number of aliphatic hydroxyl groups excluding tert-OH is 1. The lowest BCUT2D eigenvalue weighted by Gasteiger charge is -2.28. The molecule has 0 aliphatic carbocycles. The number of thiol groups is 1. The van der Waals surface area contributed by atoms with Crippen LogP contribution < -0.4 is 98.6 Å². The third-order valence-electron chi connectivity index (χ3n) is 15.7. The second kappa shape index (κ2) is 45.1.